The van der Waals surface area contributed by atoms with Crippen molar-refractivity contribution in [2.45, 2.75) is 31.7 Å². The van der Waals surface area contributed by atoms with Crippen molar-refractivity contribution in [1.82, 2.24) is 19.9 Å². The summed E-state index contributed by atoms with van der Waals surface area (Å²) in [4.78, 5) is 45.8. The molecular weight excluding hydrogens is 600 g/mol. The Kier molecular flexibility index (Phi) is 8.49. The molecule has 0 saturated carbocycles. The molecule has 0 radical (unpaired) electrons. The van der Waals surface area contributed by atoms with Crippen LogP contribution in [0.3, 0.4) is 0 Å². The number of hydrogen-bond donors (Lipinski definition) is 2. The van der Waals surface area contributed by atoms with Gasteiger partial charge in [0, 0.05) is 25.9 Å². The van der Waals surface area contributed by atoms with Crippen molar-refractivity contribution in [3.8, 4) is 11.5 Å². The minimum atomic E-state index is -5.34. The summed E-state index contributed by atoms with van der Waals surface area (Å²) in [5, 5.41) is 3.55. The second-order valence-electron chi connectivity index (χ2n) is 9.03. The van der Waals surface area contributed by atoms with E-state index in [1.807, 2.05) is 0 Å². The first kappa shape index (κ1) is 29.8. The molecule has 1 fully saturated rings. The summed E-state index contributed by atoms with van der Waals surface area (Å²) in [5.74, 6) is -4.16. The van der Waals surface area contributed by atoms with E-state index in [1.165, 1.54) is 7.11 Å². The number of imidazole rings is 1. The van der Waals surface area contributed by atoms with Gasteiger partial charge in [-0.05, 0) is 13.3 Å². The lowest BCUT2D eigenvalue weighted by atomic mass is 10.0. The Morgan fingerprint density at radius 2 is 1.98 bits per heavy atom. The molecule has 1 saturated heterocycles. The number of esters is 2. The number of hydrogen-bond acceptors (Lipinski definition) is 8. The van der Waals surface area contributed by atoms with Gasteiger partial charge in [0.1, 0.15) is 18.1 Å². The number of alkyl halides is 3. The van der Waals surface area contributed by atoms with Crippen molar-refractivity contribution in [2.75, 3.05) is 25.1 Å². The van der Waals surface area contributed by atoms with Crippen LogP contribution in [0.15, 0.2) is 12.4 Å². The lowest BCUT2D eigenvalue weighted by Gasteiger charge is -2.37. The molecule has 2 atom stereocenters. The fourth-order valence-corrected chi connectivity index (χ4v) is 5.70. The van der Waals surface area contributed by atoms with Crippen LogP contribution in [0.25, 0.3) is 11.5 Å². The van der Waals surface area contributed by atoms with Crippen LogP contribution in [0.2, 0.25) is 10.0 Å². The smallest absolute Gasteiger partial charge is 0.382 e. The molecule has 0 spiro atoms. The van der Waals surface area contributed by atoms with Crippen LogP contribution < -0.4 is 14.8 Å². The first-order valence-corrected chi connectivity index (χ1v) is 13.3. The second kappa shape index (κ2) is 11.4. The van der Waals surface area contributed by atoms with Crippen LogP contribution >= 0.6 is 34.5 Å². The van der Waals surface area contributed by atoms with Gasteiger partial charge in [-0.3, -0.25) is 4.79 Å². The molecule has 0 aromatic carbocycles. The van der Waals surface area contributed by atoms with E-state index in [1.54, 1.807) is 47.4 Å². The van der Waals surface area contributed by atoms with E-state index >= 15 is 0 Å². The Labute approximate surface area is 239 Å². The van der Waals surface area contributed by atoms with Gasteiger partial charge in [0.15, 0.2) is 15.7 Å². The van der Waals surface area contributed by atoms with Crippen LogP contribution in [-0.4, -0.2) is 70.9 Å². The first-order valence-electron chi connectivity index (χ1n) is 11.7. The molecule has 3 aromatic rings. The number of carbonyl (C=O) groups is 3. The van der Waals surface area contributed by atoms with Gasteiger partial charge in [0.25, 0.3) is 5.91 Å². The lowest BCUT2D eigenvalue weighted by Crippen LogP contribution is -2.55. The topological polar surface area (TPSA) is 122 Å². The Balaban J connectivity index is 1.59. The summed E-state index contributed by atoms with van der Waals surface area (Å²) in [7, 11) is 4.81. The van der Waals surface area contributed by atoms with Gasteiger partial charge < -0.3 is 24.7 Å². The van der Waals surface area contributed by atoms with Crippen LogP contribution in [0.5, 0.6) is 0 Å². The van der Waals surface area contributed by atoms with Crippen molar-refractivity contribution in [3.63, 3.8) is 0 Å². The van der Waals surface area contributed by atoms with Crippen molar-refractivity contribution in [2.24, 2.45) is 14.1 Å². The quantitative estimate of drug-likeness (QED) is 0.246. The summed E-state index contributed by atoms with van der Waals surface area (Å²) < 4.78 is 51.3. The van der Waals surface area contributed by atoms with E-state index in [0.29, 0.717) is 29.6 Å². The number of nitrogens with one attached hydrogen (secondary N) is 2. The molecule has 17 heteroatoms. The number of nitrogens with zero attached hydrogens (tertiary/aromatic N) is 4. The molecule has 1 aliphatic heterocycles. The van der Waals surface area contributed by atoms with Gasteiger partial charge in [-0.15, -0.1) is 0 Å². The number of amides is 1. The minimum absolute atomic E-state index is 0.0491. The maximum absolute atomic E-state index is 12.9. The number of anilines is 1. The predicted molar refractivity (Wildman–Crippen MR) is 139 cm³/mol. The van der Waals surface area contributed by atoms with Gasteiger partial charge in [-0.2, -0.15) is 13.2 Å². The zero-order chi connectivity index (χ0) is 29.5. The lowest BCUT2D eigenvalue weighted by molar-refractivity contribution is -0.659. The van der Waals surface area contributed by atoms with Crippen LogP contribution in [0, 0.1) is 6.92 Å². The number of halogens is 5. The highest BCUT2D eigenvalue weighted by Gasteiger charge is 2.44. The van der Waals surface area contributed by atoms with Crippen LogP contribution in [0.4, 0.5) is 18.3 Å². The van der Waals surface area contributed by atoms with Crippen molar-refractivity contribution >= 4 is 57.5 Å². The zero-order valence-corrected chi connectivity index (χ0v) is 23.9. The number of piperidine rings is 1. The Morgan fingerprint density at radius 1 is 1.27 bits per heavy atom. The first-order chi connectivity index (χ1) is 18.7. The number of aromatic nitrogens is 4. The van der Waals surface area contributed by atoms with Gasteiger partial charge >= 0.3 is 23.9 Å². The molecule has 4 heterocycles. The Hall–Kier alpha value is -3.14. The van der Waals surface area contributed by atoms with Gasteiger partial charge in [-0.25, -0.2) is 23.7 Å². The number of rotatable bonds is 6. The summed E-state index contributed by atoms with van der Waals surface area (Å²) in [6, 6.07) is -0.425. The molecule has 11 nitrogen and oxygen atoms in total. The third-order valence-electron chi connectivity index (χ3n) is 6.34. The molecule has 2 N–H and O–H groups in total. The van der Waals surface area contributed by atoms with Gasteiger partial charge in [-0.1, -0.05) is 34.5 Å². The average Bonchev–Trinajstić information content (AvgIpc) is 3.55. The van der Waals surface area contributed by atoms with Gasteiger partial charge in [0.2, 0.25) is 0 Å². The van der Waals surface area contributed by atoms with Crippen molar-refractivity contribution in [3.05, 3.63) is 38.7 Å². The highest BCUT2D eigenvalue weighted by atomic mass is 35.5. The third kappa shape index (κ3) is 5.82. The molecule has 1 amide bonds. The largest absolute Gasteiger partial charge is 0.491 e. The van der Waals surface area contributed by atoms with Crippen molar-refractivity contribution in [1.29, 1.82) is 0 Å². The molecule has 216 valence electrons. The van der Waals surface area contributed by atoms with E-state index in [4.69, 9.17) is 27.9 Å². The fraction of sp³-hybridized carbons (Fsp3) is 0.435. The number of aryl methyl sites for hydroxylation is 3. The molecule has 0 unspecified atom stereocenters. The molecule has 4 rings (SSSR count). The predicted octanol–water partition coefficient (Wildman–Crippen LogP) is 3.19. The molecule has 0 bridgehead atoms. The SMILES string of the molecule is CO[C@H]1CN(c2nc(-c3n(C)cc[n+]3C)c(C(=O)OC(=O)C(F)(F)F)s2)CC[C@H]1NC(=O)c1[nH]c(C)c(Cl)c1Cl. The van der Waals surface area contributed by atoms with Crippen LogP contribution in [0.1, 0.15) is 32.3 Å². The maximum Gasteiger partial charge on any atom is 0.491 e. The monoisotopic (exact) mass is 623 g/mol. The number of thiazole rings is 1. The highest BCUT2D eigenvalue weighted by Crippen LogP contribution is 2.35. The normalized spacial score (nSPS) is 17.7. The Morgan fingerprint density at radius 3 is 2.52 bits per heavy atom. The zero-order valence-electron chi connectivity index (χ0n) is 21.6. The molecular formula is C23H24Cl2F3N6O5S+. The maximum atomic E-state index is 12.9. The van der Waals surface area contributed by atoms with Gasteiger partial charge in [0.05, 0.1) is 36.3 Å². The van der Waals surface area contributed by atoms with E-state index in [9.17, 15) is 27.6 Å². The molecule has 3 aromatic heterocycles. The average molecular weight is 624 g/mol. The van der Waals surface area contributed by atoms with Crippen molar-refractivity contribution < 1.29 is 41.6 Å². The third-order valence-corrected chi connectivity index (χ3v) is 8.39. The molecule has 1 aliphatic rings. The number of H-pyrrole nitrogens is 1. The number of methoxy groups -OCH3 is 1. The van der Waals surface area contributed by atoms with E-state index in [2.05, 4.69) is 20.0 Å². The van der Waals surface area contributed by atoms with E-state index in [-0.39, 0.29) is 32.9 Å². The fourth-order valence-electron chi connectivity index (χ4n) is 4.31. The Bertz CT molecular complexity index is 1450. The van der Waals surface area contributed by atoms with E-state index in [0.717, 1.165) is 11.3 Å². The number of carbonyl (C=O) groups excluding carboxylic acids is 3. The highest BCUT2D eigenvalue weighted by molar-refractivity contribution is 7.18. The second-order valence-corrected chi connectivity index (χ2v) is 10.8. The minimum Gasteiger partial charge on any atom is -0.382 e. The van der Waals surface area contributed by atoms with E-state index < -0.39 is 36.2 Å². The summed E-state index contributed by atoms with van der Waals surface area (Å²) in [6.07, 6.45) is -2.13. The van der Waals surface area contributed by atoms with Crippen LogP contribution in [-0.2, 0) is 28.4 Å². The molecule has 40 heavy (non-hydrogen) atoms. The molecule has 0 aliphatic carbocycles. The summed E-state index contributed by atoms with van der Waals surface area (Å²) in [5.41, 5.74) is 0.721. The number of ether oxygens (including phenoxy) is 2. The standard InChI is InChI=1S/C23H23Cl2F3N6O5S/c1-10-13(24)14(25)15(29-10)18(35)30-11-5-6-34(9-12(11)38-4)22-31-16(19-32(2)7-8-33(19)3)17(40-22)20(36)39-21(37)23(26,27)28/h7-8,11-12H,5-6,9H2,1-4H3,(H-,29,30,35)/p+1/t11-,12+/m1/s1. The number of aromatic amines is 1. The summed E-state index contributed by atoms with van der Waals surface area (Å²) in [6.45, 7) is 2.26. The summed E-state index contributed by atoms with van der Waals surface area (Å²) >= 11 is 13.0.